The predicted octanol–water partition coefficient (Wildman–Crippen LogP) is 5.55. The molecular weight excluding hydrogens is 640 g/mol. The summed E-state index contributed by atoms with van der Waals surface area (Å²) in [7, 11) is 0. The number of aliphatic hydroxyl groups is 2. The topological polar surface area (TPSA) is 117 Å². The van der Waals surface area contributed by atoms with E-state index in [-0.39, 0.29) is 11.8 Å². The lowest BCUT2D eigenvalue weighted by Crippen LogP contribution is -2.50. The minimum Gasteiger partial charge on any atom is -0.390 e. The van der Waals surface area contributed by atoms with Gasteiger partial charge in [-0.25, -0.2) is 0 Å². The number of carbonyl (C=O) groups excluding carboxylic acids is 2. The van der Waals surface area contributed by atoms with E-state index in [2.05, 4.69) is 10.6 Å². The fraction of sp³-hybridized carbons (Fsp3) is 0.395. The molecule has 0 spiro atoms. The second-order valence-electron chi connectivity index (χ2n) is 14.7. The lowest BCUT2D eigenvalue weighted by Gasteiger charge is -2.32. The molecule has 51 heavy (non-hydrogen) atoms. The minimum atomic E-state index is -1.06. The van der Waals surface area contributed by atoms with Gasteiger partial charge in [-0.1, -0.05) is 109 Å². The van der Waals surface area contributed by atoms with Crippen molar-refractivity contribution in [2.24, 2.45) is 11.8 Å². The summed E-state index contributed by atoms with van der Waals surface area (Å²) >= 11 is 0. The van der Waals surface area contributed by atoms with Gasteiger partial charge in [0, 0.05) is 12.8 Å². The lowest BCUT2D eigenvalue weighted by molar-refractivity contribution is -0.158. The Bertz CT molecular complexity index is 1680. The first kappa shape index (κ1) is 35.1. The number of amides is 2. The molecule has 7 rings (SSSR count). The largest absolute Gasteiger partial charge is 0.390 e. The fourth-order valence-corrected chi connectivity index (χ4v) is 8.28. The summed E-state index contributed by atoms with van der Waals surface area (Å²) in [5, 5.41) is 28.5. The average molecular weight is 689 g/mol. The molecule has 266 valence electrons. The summed E-state index contributed by atoms with van der Waals surface area (Å²) in [6.07, 6.45) is 0.0287. The number of carbonyl (C=O) groups is 2. The third kappa shape index (κ3) is 7.80. The van der Waals surface area contributed by atoms with Crippen LogP contribution in [0.3, 0.4) is 0 Å². The Balaban J connectivity index is 1.21. The van der Waals surface area contributed by atoms with Crippen LogP contribution in [-0.4, -0.2) is 52.2 Å². The van der Waals surface area contributed by atoms with Crippen LogP contribution in [0, 0.1) is 11.8 Å². The zero-order valence-corrected chi connectivity index (χ0v) is 29.3. The highest BCUT2D eigenvalue weighted by atomic mass is 16.8. The number of rotatable bonds is 12. The Hall–Kier alpha value is -4.34. The van der Waals surface area contributed by atoms with Crippen molar-refractivity contribution in [2.45, 2.75) is 94.7 Å². The van der Waals surface area contributed by atoms with Crippen molar-refractivity contribution in [1.82, 2.24) is 10.6 Å². The van der Waals surface area contributed by atoms with Gasteiger partial charge in [0.15, 0.2) is 5.79 Å². The summed E-state index contributed by atoms with van der Waals surface area (Å²) in [5.41, 5.74) is 6.03. The normalized spacial score (nSPS) is 25.8. The van der Waals surface area contributed by atoms with Crippen LogP contribution >= 0.6 is 0 Å². The smallest absolute Gasteiger partial charge is 0.226 e. The zero-order valence-electron chi connectivity index (χ0n) is 29.3. The first-order valence-corrected chi connectivity index (χ1v) is 18.2. The molecule has 2 amide bonds. The van der Waals surface area contributed by atoms with Gasteiger partial charge in [0.25, 0.3) is 0 Å². The molecule has 2 aliphatic carbocycles. The maximum absolute atomic E-state index is 14.6. The highest BCUT2D eigenvalue weighted by Gasteiger charge is 2.52. The number of fused-ring (bicyclic) bond motifs is 2. The highest BCUT2D eigenvalue weighted by Crippen LogP contribution is 2.41. The van der Waals surface area contributed by atoms with Gasteiger partial charge in [-0.05, 0) is 72.9 Å². The van der Waals surface area contributed by atoms with Crippen LogP contribution < -0.4 is 10.6 Å². The van der Waals surface area contributed by atoms with Crippen LogP contribution in [0.5, 0.6) is 0 Å². The number of aryl methyl sites for hydroxylation is 2. The van der Waals surface area contributed by atoms with Crippen molar-refractivity contribution in [2.75, 3.05) is 0 Å². The van der Waals surface area contributed by atoms with Gasteiger partial charge >= 0.3 is 0 Å². The molecule has 8 atom stereocenters. The first-order valence-electron chi connectivity index (χ1n) is 18.2. The van der Waals surface area contributed by atoms with Crippen LogP contribution in [-0.2, 0) is 44.7 Å². The number of hydrogen-bond donors (Lipinski definition) is 4. The number of nitrogens with one attached hydrogen (secondary N) is 2. The van der Waals surface area contributed by atoms with Crippen molar-refractivity contribution >= 4 is 11.8 Å². The van der Waals surface area contributed by atoms with Gasteiger partial charge in [-0.3, -0.25) is 9.59 Å². The maximum Gasteiger partial charge on any atom is 0.226 e. The number of ether oxygens (including phenoxy) is 2. The summed E-state index contributed by atoms with van der Waals surface area (Å²) in [5.74, 6) is -2.94. The Morgan fingerprint density at radius 3 is 1.41 bits per heavy atom. The number of hydrogen-bond acceptors (Lipinski definition) is 6. The molecule has 4 aromatic rings. The molecule has 0 saturated carbocycles. The Kier molecular flexibility index (Phi) is 10.4. The fourth-order valence-electron chi connectivity index (χ4n) is 8.28. The minimum absolute atomic E-state index is 0.245. The second kappa shape index (κ2) is 15.1. The van der Waals surface area contributed by atoms with Crippen molar-refractivity contribution in [3.63, 3.8) is 0 Å². The van der Waals surface area contributed by atoms with Gasteiger partial charge < -0.3 is 30.3 Å². The summed E-state index contributed by atoms with van der Waals surface area (Å²) < 4.78 is 13.3. The van der Waals surface area contributed by atoms with Crippen molar-refractivity contribution in [3.05, 3.63) is 143 Å². The molecule has 3 aliphatic rings. The molecule has 0 aromatic heterocycles. The van der Waals surface area contributed by atoms with E-state index in [4.69, 9.17) is 9.47 Å². The van der Waals surface area contributed by atoms with Gasteiger partial charge in [-0.2, -0.15) is 0 Å². The van der Waals surface area contributed by atoms with Crippen molar-refractivity contribution < 1.29 is 29.3 Å². The lowest BCUT2D eigenvalue weighted by atomic mass is 9.82. The average Bonchev–Trinajstić information content (AvgIpc) is 3.74. The van der Waals surface area contributed by atoms with E-state index in [1.54, 1.807) is 0 Å². The van der Waals surface area contributed by atoms with E-state index in [9.17, 15) is 19.8 Å². The molecule has 4 N–H and O–H groups in total. The molecule has 1 heterocycles. The monoisotopic (exact) mass is 688 g/mol. The van der Waals surface area contributed by atoms with E-state index in [1.807, 2.05) is 123 Å². The first-order chi connectivity index (χ1) is 24.7. The van der Waals surface area contributed by atoms with Crippen LogP contribution in [0.1, 0.15) is 72.2 Å². The van der Waals surface area contributed by atoms with Crippen LogP contribution in [0.25, 0.3) is 0 Å². The molecule has 8 heteroatoms. The molecule has 1 saturated heterocycles. The van der Waals surface area contributed by atoms with E-state index < -0.39 is 54.1 Å². The van der Waals surface area contributed by atoms with Crippen molar-refractivity contribution in [3.8, 4) is 0 Å². The summed E-state index contributed by atoms with van der Waals surface area (Å²) in [6.45, 7) is 3.65. The quantitative estimate of drug-likeness (QED) is 0.155. The molecule has 0 bridgehead atoms. The molecule has 1 fully saturated rings. The van der Waals surface area contributed by atoms with Gasteiger partial charge in [0.2, 0.25) is 11.8 Å². The number of aliphatic hydroxyl groups excluding tert-OH is 2. The summed E-state index contributed by atoms with van der Waals surface area (Å²) in [4.78, 5) is 29.1. The van der Waals surface area contributed by atoms with Crippen molar-refractivity contribution in [1.29, 1.82) is 0 Å². The predicted molar refractivity (Wildman–Crippen MR) is 194 cm³/mol. The number of benzene rings is 4. The Morgan fingerprint density at radius 2 is 1.00 bits per heavy atom. The third-order valence-corrected chi connectivity index (χ3v) is 10.8. The van der Waals surface area contributed by atoms with Gasteiger partial charge in [0.05, 0.1) is 48.3 Å². The van der Waals surface area contributed by atoms with E-state index in [0.29, 0.717) is 38.5 Å². The van der Waals surface area contributed by atoms with E-state index >= 15 is 0 Å². The molecule has 0 radical (unpaired) electrons. The van der Waals surface area contributed by atoms with E-state index in [0.717, 1.165) is 33.4 Å². The molecule has 0 unspecified atom stereocenters. The van der Waals surface area contributed by atoms with E-state index in [1.165, 1.54) is 0 Å². The standard InChI is InChI=1S/C43H48N2O6/c1-43(2)50-39(33(23-21-27-13-5-3-6-14-27)41(48)44-37-31-19-11-9-17-29(31)25-35(37)46)40(51-43)34(24-22-28-15-7-4-8-16-28)42(49)45-38-32-20-12-10-18-30(32)26-36(38)47/h3-20,33-40,46-47H,21-26H2,1-2H3,(H,44,48)(H,45,49)/t33-,34-,35-,36-,37+,38+,39-,40+/m1/s1. The van der Waals surface area contributed by atoms with Crippen LogP contribution in [0.15, 0.2) is 109 Å². The highest BCUT2D eigenvalue weighted by molar-refractivity contribution is 5.82. The van der Waals surface area contributed by atoms with Crippen LogP contribution in [0.2, 0.25) is 0 Å². The van der Waals surface area contributed by atoms with Crippen LogP contribution in [0.4, 0.5) is 0 Å². The Labute approximate surface area is 300 Å². The second-order valence-corrected chi connectivity index (χ2v) is 14.7. The Morgan fingerprint density at radius 1 is 0.627 bits per heavy atom. The van der Waals surface area contributed by atoms with Gasteiger partial charge in [-0.15, -0.1) is 0 Å². The molecule has 8 nitrogen and oxygen atoms in total. The summed E-state index contributed by atoms with van der Waals surface area (Å²) in [6, 6.07) is 34.5. The SMILES string of the molecule is CC1(C)O[C@@H]([C@@H](CCc2ccccc2)C(=O)N[C@H]2c3ccccc3C[C@H]2O)[C@@H]([C@@H](CCc2ccccc2)C(=O)N[C@H]2c3ccccc3C[C@H]2O)O1. The molecule has 4 aromatic carbocycles. The molecular formula is C43H48N2O6. The van der Waals surface area contributed by atoms with Gasteiger partial charge in [0.1, 0.15) is 0 Å². The molecule has 1 aliphatic heterocycles. The maximum atomic E-state index is 14.6. The zero-order chi connectivity index (χ0) is 35.5. The third-order valence-electron chi connectivity index (χ3n) is 10.8.